The molecule has 2 N–H and O–H groups in total. The highest BCUT2D eigenvalue weighted by Crippen LogP contribution is 2.29. The van der Waals surface area contributed by atoms with Crippen LogP contribution in [0.2, 0.25) is 0 Å². The molecule has 0 fully saturated rings. The van der Waals surface area contributed by atoms with Gasteiger partial charge in [-0.15, -0.1) is 0 Å². The summed E-state index contributed by atoms with van der Waals surface area (Å²) in [5.74, 6) is -0.223. The van der Waals surface area contributed by atoms with E-state index in [2.05, 4.69) is 10.0 Å². The first-order valence-corrected chi connectivity index (χ1v) is 10.9. The highest BCUT2D eigenvalue weighted by atomic mass is 32.2. The zero-order valence-corrected chi connectivity index (χ0v) is 18.6. The topological polar surface area (TPSA) is 75.3 Å². The van der Waals surface area contributed by atoms with Crippen LogP contribution in [0.5, 0.6) is 0 Å². The predicted octanol–water partition coefficient (Wildman–Crippen LogP) is 4.15. The van der Waals surface area contributed by atoms with E-state index in [1.807, 2.05) is 66.7 Å². The summed E-state index contributed by atoms with van der Waals surface area (Å²) in [6.45, 7) is 13.5. The zero-order valence-electron chi connectivity index (χ0n) is 17.8. The fraction of sp³-hybridized carbons (Fsp3) is 0.409. The van der Waals surface area contributed by atoms with Crippen molar-refractivity contribution in [3.8, 4) is 0 Å². The van der Waals surface area contributed by atoms with E-state index in [9.17, 15) is 13.2 Å². The molecule has 0 radical (unpaired) electrons. The molecule has 0 saturated carbocycles. The Morgan fingerprint density at radius 3 is 1.93 bits per heavy atom. The first-order valence-electron chi connectivity index (χ1n) is 9.39. The normalized spacial score (nSPS) is 11.5. The third-order valence-electron chi connectivity index (χ3n) is 5.50. The Morgan fingerprint density at radius 2 is 1.39 bits per heavy atom. The van der Waals surface area contributed by atoms with E-state index in [4.69, 9.17) is 0 Å². The molecule has 2 aromatic rings. The van der Waals surface area contributed by atoms with Gasteiger partial charge in [0.25, 0.3) is 0 Å². The third-order valence-corrected chi connectivity index (χ3v) is 7.23. The minimum Gasteiger partial charge on any atom is -0.326 e. The maximum absolute atomic E-state index is 12.9. The Labute approximate surface area is 168 Å². The predicted molar refractivity (Wildman–Crippen MR) is 114 cm³/mol. The molecule has 6 heteroatoms. The van der Waals surface area contributed by atoms with Crippen molar-refractivity contribution in [2.45, 2.75) is 59.8 Å². The second kappa shape index (κ2) is 8.45. The second-order valence-electron chi connectivity index (χ2n) is 7.47. The fourth-order valence-corrected chi connectivity index (χ4v) is 5.03. The van der Waals surface area contributed by atoms with Crippen molar-refractivity contribution in [2.24, 2.45) is 0 Å². The van der Waals surface area contributed by atoms with Crippen molar-refractivity contribution < 1.29 is 13.2 Å². The average molecular weight is 403 g/mol. The summed E-state index contributed by atoms with van der Waals surface area (Å²) in [5.41, 5.74) is 7.44. The molecule has 0 heterocycles. The summed E-state index contributed by atoms with van der Waals surface area (Å²) in [4.78, 5) is 12.5. The van der Waals surface area contributed by atoms with Crippen molar-refractivity contribution >= 4 is 21.6 Å². The second-order valence-corrected chi connectivity index (χ2v) is 9.17. The summed E-state index contributed by atoms with van der Waals surface area (Å²) < 4.78 is 28.3. The van der Waals surface area contributed by atoms with Crippen LogP contribution in [0.1, 0.15) is 45.4 Å². The monoisotopic (exact) mass is 402 g/mol. The minimum absolute atomic E-state index is 0.0456. The molecule has 0 atom stereocenters. The number of carbonyl (C=O) groups excluding carboxylic acids is 1. The van der Waals surface area contributed by atoms with Gasteiger partial charge in [0, 0.05) is 18.7 Å². The number of nitrogens with one attached hydrogen (secondary N) is 2. The van der Waals surface area contributed by atoms with Crippen LogP contribution in [0.25, 0.3) is 0 Å². The highest BCUT2D eigenvalue weighted by molar-refractivity contribution is 7.89. The van der Waals surface area contributed by atoms with Crippen LogP contribution in [0.3, 0.4) is 0 Å². The molecule has 0 unspecified atom stereocenters. The smallest absolute Gasteiger partial charge is 0.241 e. The van der Waals surface area contributed by atoms with Crippen LogP contribution in [0.4, 0.5) is 5.69 Å². The quantitative estimate of drug-likeness (QED) is 0.762. The van der Waals surface area contributed by atoms with Gasteiger partial charge in [0.2, 0.25) is 15.9 Å². The number of benzene rings is 2. The number of sulfonamides is 1. The van der Waals surface area contributed by atoms with Gasteiger partial charge in [0.05, 0.1) is 4.90 Å². The van der Waals surface area contributed by atoms with Crippen molar-refractivity contribution in [1.82, 2.24) is 4.72 Å². The average Bonchev–Trinajstić information content (AvgIpc) is 2.60. The number of anilines is 1. The molecule has 0 aliphatic rings. The first kappa shape index (κ1) is 22.1. The van der Waals surface area contributed by atoms with Crippen molar-refractivity contribution in [1.29, 1.82) is 0 Å². The van der Waals surface area contributed by atoms with Gasteiger partial charge in [0.1, 0.15) is 0 Å². The molecule has 2 aromatic carbocycles. The molecule has 0 spiro atoms. The van der Waals surface area contributed by atoms with Gasteiger partial charge in [-0.3, -0.25) is 4.79 Å². The van der Waals surface area contributed by atoms with Crippen molar-refractivity contribution in [2.75, 3.05) is 11.9 Å². The lowest BCUT2D eigenvalue weighted by Gasteiger charge is -2.19. The van der Waals surface area contributed by atoms with Gasteiger partial charge < -0.3 is 5.32 Å². The molecule has 0 aromatic heterocycles. The largest absolute Gasteiger partial charge is 0.326 e. The van der Waals surface area contributed by atoms with E-state index in [0.717, 1.165) is 44.6 Å². The molecular weight excluding hydrogens is 372 g/mol. The van der Waals surface area contributed by atoms with Crippen molar-refractivity contribution in [3.63, 3.8) is 0 Å². The van der Waals surface area contributed by atoms with Crippen LogP contribution in [0.15, 0.2) is 23.1 Å². The number of hydrogen-bond acceptors (Lipinski definition) is 3. The number of hydrogen-bond donors (Lipinski definition) is 2. The molecule has 152 valence electrons. The Balaban J connectivity index is 2.09. The molecule has 0 aliphatic heterocycles. The minimum atomic E-state index is -3.70. The van der Waals surface area contributed by atoms with Gasteiger partial charge >= 0.3 is 0 Å². The van der Waals surface area contributed by atoms with Gasteiger partial charge in [0.15, 0.2) is 0 Å². The van der Waals surface area contributed by atoms with Gasteiger partial charge in [-0.1, -0.05) is 17.7 Å². The molecule has 1 amide bonds. The third kappa shape index (κ3) is 4.62. The molecule has 0 bridgehead atoms. The molecule has 28 heavy (non-hydrogen) atoms. The Kier molecular flexibility index (Phi) is 6.67. The summed E-state index contributed by atoms with van der Waals surface area (Å²) in [7, 11) is -3.70. The van der Waals surface area contributed by atoms with E-state index < -0.39 is 10.0 Å². The summed E-state index contributed by atoms with van der Waals surface area (Å²) >= 11 is 0. The van der Waals surface area contributed by atoms with E-state index in [0.29, 0.717) is 4.90 Å². The first-order chi connectivity index (χ1) is 13.0. The number of rotatable bonds is 6. The standard InChI is InChI=1S/C22H30N2O3S/c1-13-8-9-20(14(2)12-13)24-21(25)10-11-23-28(26,27)22-18(6)16(4)15(3)17(5)19(22)7/h8-9,12,23H,10-11H2,1-7H3,(H,24,25). The SMILES string of the molecule is Cc1ccc(NC(=O)CCNS(=O)(=O)c2c(C)c(C)c(C)c(C)c2C)c(C)c1. The molecule has 0 saturated heterocycles. The maximum atomic E-state index is 12.9. The van der Waals surface area contributed by atoms with E-state index in [-0.39, 0.29) is 18.9 Å². The van der Waals surface area contributed by atoms with E-state index in [1.54, 1.807) is 0 Å². The summed E-state index contributed by atoms with van der Waals surface area (Å²) in [6, 6.07) is 5.78. The van der Waals surface area contributed by atoms with Crippen LogP contribution in [-0.2, 0) is 14.8 Å². The van der Waals surface area contributed by atoms with Gasteiger partial charge in [-0.25, -0.2) is 13.1 Å². The number of amides is 1. The Hall–Kier alpha value is -2.18. The number of carbonyl (C=O) groups is 1. The van der Waals surface area contributed by atoms with Crippen LogP contribution in [-0.4, -0.2) is 20.9 Å². The van der Waals surface area contributed by atoms with Gasteiger partial charge in [-0.05, 0) is 87.9 Å². The highest BCUT2D eigenvalue weighted by Gasteiger charge is 2.23. The lowest BCUT2D eigenvalue weighted by molar-refractivity contribution is -0.116. The lowest BCUT2D eigenvalue weighted by atomic mass is 9.95. The van der Waals surface area contributed by atoms with E-state index in [1.165, 1.54) is 0 Å². The molecule has 2 rings (SSSR count). The fourth-order valence-electron chi connectivity index (χ4n) is 3.41. The van der Waals surface area contributed by atoms with Crippen LogP contribution < -0.4 is 10.0 Å². The summed E-state index contributed by atoms with van der Waals surface area (Å²) in [5, 5.41) is 2.84. The Bertz CT molecular complexity index is 996. The van der Waals surface area contributed by atoms with E-state index >= 15 is 0 Å². The molecular formula is C22H30N2O3S. The number of aryl methyl sites for hydroxylation is 2. The lowest BCUT2D eigenvalue weighted by Crippen LogP contribution is -2.29. The van der Waals surface area contributed by atoms with Crippen molar-refractivity contribution in [3.05, 3.63) is 57.1 Å². The van der Waals surface area contributed by atoms with Gasteiger partial charge in [-0.2, -0.15) is 0 Å². The Morgan fingerprint density at radius 1 is 0.857 bits per heavy atom. The maximum Gasteiger partial charge on any atom is 0.241 e. The van der Waals surface area contributed by atoms with Crippen LogP contribution in [0, 0.1) is 48.5 Å². The summed E-state index contributed by atoms with van der Waals surface area (Å²) in [6.07, 6.45) is 0.0640. The zero-order chi connectivity index (χ0) is 21.2. The molecule has 5 nitrogen and oxygen atoms in total. The molecule has 0 aliphatic carbocycles. The van der Waals surface area contributed by atoms with Crippen LogP contribution >= 0.6 is 0 Å².